The Labute approximate surface area is 65.1 Å². The Hall–Kier alpha value is -1.05. The van der Waals surface area contributed by atoms with Crippen molar-refractivity contribution in [1.29, 1.82) is 0 Å². The van der Waals surface area contributed by atoms with Gasteiger partial charge >= 0.3 is 5.97 Å². The average molecular weight is 158 g/mol. The van der Waals surface area contributed by atoms with Crippen LogP contribution in [-0.2, 0) is 14.3 Å². The maximum atomic E-state index is 9.83. The molecule has 0 aromatic carbocycles. The normalized spacial score (nSPS) is 8.45. The van der Waals surface area contributed by atoms with Gasteiger partial charge in [-0.05, 0) is 0 Å². The lowest BCUT2D eigenvalue weighted by Crippen LogP contribution is -2.01. The molecule has 0 radical (unpaired) electrons. The molecule has 4 heteroatoms. The fraction of sp³-hybridized carbons (Fsp3) is 0.571. The molecule has 0 saturated carbocycles. The summed E-state index contributed by atoms with van der Waals surface area (Å²) in [5.41, 5.74) is 0. The third-order valence-corrected chi connectivity index (χ3v) is 0.801. The SMILES string of the molecule is COCCOCC#CC(=O)O. The summed E-state index contributed by atoms with van der Waals surface area (Å²) in [4.78, 5) is 9.83. The van der Waals surface area contributed by atoms with Crippen LogP contribution in [0.4, 0.5) is 0 Å². The number of hydrogen-bond acceptors (Lipinski definition) is 3. The Bertz CT molecular complexity index is 165. The van der Waals surface area contributed by atoms with Crippen LogP contribution >= 0.6 is 0 Å². The molecule has 4 nitrogen and oxygen atoms in total. The molecule has 0 amide bonds. The van der Waals surface area contributed by atoms with Crippen molar-refractivity contribution in [1.82, 2.24) is 0 Å². The van der Waals surface area contributed by atoms with Crippen LogP contribution in [0.5, 0.6) is 0 Å². The second kappa shape index (κ2) is 7.06. The minimum absolute atomic E-state index is 0.135. The second-order valence-electron chi connectivity index (χ2n) is 1.65. The molecule has 0 bridgehead atoms. The smallest absolute Gasteiger partial charge is 0.381 e. The monoisotopic (exact) mass is 158 g/mol. The molecule has 62 valence electrons. The van der Waals surface area contributed by atoms with E-state index in [4.69, 9.17) is 9.84 Å². The first kappa shape index (κ1) is 9.95. The van der Waals surface area contributed by atoms with Gasteiger partial charge in [0.25, 0.3) is 0 Å². The minimum atomic E-state index is -1.14. The number of aliphatic carboxylic acids is 1. The summed E-state index contributed by atoms with van der Waals surface area (Å²) in [6.07, 6.45) is 0. The fourth-order valence-corrected chi connectivity index (χ4v) is 0.377. The third kappa shape index (κ3) is 8.95. The van der Waals surface area contributed by atoms with Crippen molar-refractivity contribution in [2.75, 3.05) is 26.9 Å². The van der Waals surface area contributed by atoms with Crippen molar-refractivity contribution in [3.63, 3.8) is 0 Å². The Morgan fingerprint density at radius 1 is 1.55 bits per heavy atom. The zero-order valence-electron chi connectivity index (χ0n) is 6.29. The van der Waals surface area contributed by atoms with E-state index in [0.29, 0.717) is 13.2 Å². The van der Waals surface area contributed by atoms with Gasteiger partial charge in [0.15, 0.2) is 0 Å². The molecule has 0 unspecified atom stereocenters. The van der Waals surface area contributed by atoms with Crippen LogP contribution in [-0.4, -0.2) is 38.0 Å². The highest BCUT2D eigenvalue weighted by atomic mass is 16.5. The molecular weight excluding hydrogens is 148 g/mol. The molecule has 0 saturated heterocycles. The lowest BCUT2D eigenvalue weighted by molar-refractivity contribution is -0.130. The molecule has 0 atom stereocenters. The highest BCUT2D eigenvalue weighted by Gasteiger charge is 1.84. The quantitative estimate of drug-likeness (QED) is 0.452. The molecule has 0 aromatic heterocycles. The molecular formula is C7H10O4. The lowest BCUT2D eigenvalue weighted by Gasteiger charge is -1.96. The highest BCUT2D eigenvalue weighted by Crippen LogP contribution is 1.73. The van der Waals surface area contributed by atoms with Crippen molar-refractivity contribution in [3.8, 4) is 11.8 Å². The van der Waals surface area contributed by atoms with Gasteiger partial charge in [0.2, 0.25) is 0 Å². The van der Waals surface area contributed by atoms with Crippen LogP contribution in [0.25, 0.3) is 0 Å². The summed E-state index contributed by atoms with van der Waals surface area (Å²) in [7, 11) is 1.56. The molecule has 0 aliphatic rings. The maximum Gasteiger partial charge on any atom is 0.381 e. The molecule has 0 aliphatic heterocycles. The Balaban J connectivity index is 3.15. The summed E-state index contributed by atoms with van der Waals surface area (Å²) < 4.78 is 9.54. The van der Waals surface area contributed by atoms with Gasteiger partial charge in [0.05, 0.1) is 13.2 Å². The van der Waals surface area contributed by atoms with Crippen LogP contribution in [0.2, 0.25) is 0 Å². The first-order valence-corrected chi connectivity index (χ1v) is 3.06. The highest BCUT2D eigenvalue weighted by molar-refractivity contribution is 5.86. The summed E-state index contributed by atoms with van der Waals surface area (Å²) in [5.74, 6) is 3.10. The Morgan fingerprint density at radius 3 is 2.82 bits per heavy atom. The van der Waals surface area contributed by atoms with E-state index >= 15 is 0 Å². The third-order valence-electron chi connectivity index (χ3n) is 0.801. The lowest BCUT2D eigenvalue weighted by atomic mass is 10.6. The van der Waals surface area contributed by atoms with Gasteiger partial charge < -0.3 is 14.6 Å². The number of ether oxygens (including phenoxy) is 2. The van der Waals surface area contributed by atoms with E-state index in [9.17, 15) is 4.79 Å². The fourth-order valence-electron chi connectivity index (χ4n) is 0.377. The molecule has 0 aliphatic carbocycles. The van der Waals surface area contributed by atoms with E-state index in [1.807, 2.05) is 5.92 Å². The van der Waals surface area contributed by atoms with Crippen LogP contribution in [0, 0.1) is 11.8 Å². The molecule has 0 fully saturated rings. The van der Waals surface area contributed by atoms with Crippen LogP contribution in [0.15, 0.2) is 0 Å². The van der Waals surface area contributed by atoms with Gasteiger partial charge in [-0.15, -0.1) is 0 Å². The zero-order valence-corrected chi connectivity index (χ0v) is 6.29. The Morgan fingerprint density at radius 2 is 2.27 bits per heavy atom. The van der Waals surface area contributed by atoms with E-state index in [1.165, 1.54) is 0 Å². The number of methoxy groups -OCH3 is 1. The maximum absolute atomic E-state index is 9.83. The van der Waals surface area contributed by atoms with Crippen molar-refractivity contribution in [2.24, 2.45) is 0 Å². The van der Waals surface area contributed by atoms with Crippen molar-refractivity contribution in [2.45, 2.75) is 0 Å². The molecule has 0 rings (SSSR count). The zero-order chi connectivity index (χ0) is 8.53. The number of carbonyl (C=O) groups is 1. The van der Waals surface area contributed by atoms with E-state index in [-0.39, 0.29) is 6.61 Å². The number of carboxylic acid groups (broad SMARTS) is 1. The predicted molar refractivity (Wildman–Crippen MR) is 38.1 cm³/mol. The average Bonchev–Trinajstić information content (AvgIpc) is 1.96. The molecule has 0 heterocycles. The predicted octanol–water partition coefficient (Wildman–Crippen LogP) is -0.263. The van der Waals surface area contributed by atoms with E-state index in [0.717, 1.165) is 0 Å². The van der Waals surface area contributed by atoms with Crippen LogP contribution < -0.4 is 0 Å². The summed E-state index contributed by atoms with van der Waals surface area (Å²) in [6, 6.07) is 0. The van der Waals surface area contributed by atoms with Crippen molar-refractivity contribution >= 4 is 5.97 Å². The van der Waals surface area contributed by atoms with Crippen LogP contribution in [0.1, 0.15) is 0 Å². The van der Waals surface area contributed by atoms with Crippen molar-refractivity contribution < 1.29 is 19.4 Å². The summed E-state index contributed by atoms with van der Waals surface area (Å²) in [5, 5.41) is 8.06. The van der Waals surface area contributed by atoms with Gasteiger partial charge in [-0.1, -0.05) is 5.92 Å². The number of rotatable bonds is 4. The van der Waals surface area contributed by atoms with Gasteiger partial charge in [-0.3, -0.25) is 0 Å². The summed E-state index contributed by atoms with van der Waals surface area (Å²) >= 11 is 0. The van der Waals surface area contributed by atoms with Crippen molar-refractivity contribution in [3.05, 3.63) is 0 Å². The second-order valence-corrected chi connectivity index (χ2v) is 1.65. The summed E-state index contributed by atoms with van der Waals surface area (Å²) in [6.45, 7) is 1.06. The van der Waals surface area contributed by atoms with E-state index < -0.39 is 5.97 Å². The largest absolute Gasteiger partial charge is 0.472 e. The van der Waals surface area contributed by atoms with Gasteiger partial charge in [-0.25, -0.2) is 4.79 Å². The topological polar surface area (TPSA) is 55.8 Å². The van der Waals surface area contributed by atoms with Gasteiger partial charge in [-0.2, -0.15) is 0 Å². The van der Waals surface area contributed by atoms with E-state index in [2.05, 4.69) is 10.7 Å². The molecule has 1 N–H and O–H groups in total. The minimum Gasteiger partial charge on any atom is -0.472 e. The van der Waals surface area contributed by atoms with Gasteiger partial charge in [0.1, 0.15) is 6.61 Å². The number of carboxylic acids is 1. The van der Waals surface area contributed by atoms with Crippen LogP contribution in [0.3, 0.4) is 0 Å². The molecule has 0 aromatic rings. The first-order valence-electron chi connectivity index (χ1n) is 3.06. The van der Waals surface area contributed by atoms with E-state index in [1.54, 1.807) is 7.11 Å². The van der Waals surface area contributed by atoms with Gasteiger partial charge in [0, 0.05) is 13.0 Å². The molecule has 0 spiro atoms. The standard InChI is InChI=1S/C7H10O4/c1-10-5-6-11-4-2-3-7(8)9/h4-6H2,1H3,(H,8,9). The number of hydrogen-bond donors (Lipinski definition) is 1. The molecule has 11 heavy (non-hydrogen) atoms. The Kier molecular flexibility index (Phi) is 6.39. The first-order chi connectivity index (χ1) is 5.27.